The quantitative estimate of drug-likeness (QED) is 0.802. The van der Waals surface area contributed by atoms with Crippen LogP contribution in [0.1, 0.15) is 26.7 Å². The molecule has 4 atom stereocenters. The van der Waals surface area contributed by atoms with Crippen molar-refractivity contribution < 1.29 is 4.74 Å². The minimum atomic E-state index is 0.501. The highest BCUT2D eigenvalue weighted by Crippen LogP contribution is 2.45. The van der Waals surface area contributed by atoms with Crippen LogP contribution in [0.15, 0.2) is 36.4 Å². The Labute approximate surface area is 115 Å². The van der Waals surface area contributed by atoms with E-state index in [1.54, 1.807) is 0 Å². The fourth-order valence-corrected chi connectivity index (χ4v) is 3.62. The number of hydrogen-bond acceptors (Lipinski definition) is 2. The first-order valence-electron chi connectivity index (χ1n) is 7.44. The topological polar surface area (TPSA) is 21.3 Å². The maximum atomic E-state index is 5.69. The van der Waals surface area contributed by atoms with Gasteiger partial charge in [0.25, 0.3) is 0 Å². The molecule has 0 radical (unpaired) electrons. The number of para-hydroxylation sites is 2. The highest BCUT2D eigenvalue weighted by Gasteiger charge is 2.38. The number of hydrogen-bond donors (Lipinski definition) is 1. The molecule has 1 saturated carbocycles. The van der Waals surface area contributed by atoms with E-state index in [4.69, 9.17) is 4.74 Å². The van der Waals surface area contributed by atoms with Crippen molar-refractivity contribution in [3.05, 3.63) is 36.4 Å². The summed E-state index contributed by atoms with van der Waals surface area (Å²) in [5.41, 5.74) is 1.13. The molecule has 2 bridgehead atoms. The number of rotatable bonds is 5. The largest absolute Gasteiger partial charge is 0.492 e. The summed E-state index contributed by atoms with van der Waals surface area (Å²) in [5.74, 6) is 3.35. The van der Waals surface area contributed by atoms with Crippen LogP contribution in [0, 0.1) is 17.8 Å². The zero-order valence-electron chi connectivity index (χ0n) is 11.8. The van der Waals surface area contributed by atoms with Crippen molar-refractivity contribution in [1.29, 1.82) is 0 Å². The SMILES string of the molecule is CCOc1ccccc1NC(C)C1CC2C=CC1C2. The van der Waals surface area contributed by atoms with Gasteiger partial charge < -0.3 is 10.1 Å². The molecule has 1 aromatic rings. The van der Waals surface area contributed by atoms with E-state index in [9.17, 15) is 0 Å². The van der Waals surface area contributed by atoms with Gasteiger partial charge in [-0.25, -0.2) is 0 Å². The molecule has 2 aliphatic rings. The smallest absolute Gasteiger partial charge is 0.142 e. The third kappa shape index (κ3) is 2.49. The number of nitrogens with one attached hydrogen (secondary N) is 1. The molecule has 2 nitrogen and oxygen atoms in total. The van der Waals surface area contributed by atoms with Crippen LogP contribution in [0.25, 0.3) is 0 Å². The fraction of sp³-hybridized carbons (Fsp3) is 0.529. The summed E-state index contributed by atoms with van der Waals surface area (Å²) < 4.78 is 5.69. The number of ether oxygens (including phenoxy) is 1. The lowest BCUT2D eigenvalue weighted by Gasteiger charge is -2.27. The van der Waals surface area contributed by atoms with Crippen LogP contribution in [0.4, 0.5) is 5.69 Å². The minimum Gasteiger partial charge on any atom is -0.492 e. The van der Waals surface area contributed by atoms with E-state index >= 15 is 0 Å². The summed E-state index contributed by atoms with van der Waals surface area (Å²) in [5, 5.41) is 3.66. The van der Waals surface area contributed by atoms with Gasteiger partial charge in [0.1, 0.15) is 5.75 Å². The van der Waals surface area contributed by atoms with Crippen molar-refractivity contribution in [2.45, 2.75) is 32.7 Å². The van der Waals surface area contributed by atoms with Gasteiger partial charge in [0.05, 0.1) is 12.3 Å². The second kappa shape index (κ2) is 5.28. The Morgan fingerprint density at radius 2 is 2.11 bits per heavy atom. The molecule has 0 amide bonds. The molecule has 0 aliphatic heterocycles. The Morgan fingerprint density at radius 1 is 1.26 bits per heavy atom. The first-order valence-corrected chi connectivity index (χ1v) is 7.44. The molecule has 1 fully saturated rings. The normalized spacial score (nSPS) is 29.5. The van der Waals surface area contributed by atoms with E-state index in [0.717, 1.165) is 29.2 Å². The van der Waals surface area contributed by atoms with Crippen LogP contribution in [-0.2, 0) is 0 Å². The van der Waals surface area contributed by atoms with Crippen LogP contribution in [0.5, 0.6) is 5.75 Å². The molecule has 2 aliphatic carbocycles. The summed E-state index contributed by atoms with van der Waals surface area (Å²) in [4.78, 5) is 0. The number of benzene rings is 1. The van der Waals surface area contributed by atoms with Gasteiger partial charge in [-0.3, -0.25) is 0 Å². The Balaban J connectivity index is 1.69. The molecule has 19 heavy (non-hydrogen) atoms. The predicted octanol–water partition coefficient (Wildman–Crippen LogP) is 4.10. The van der Waals surface area contributed by atoms with E-state index in [2.05, 4.69) is 36.5 Å². The third-order valence-corrected chi connectivity index (χ3v) is 4.54. The van der Waals surface area contributed by atoms with Crippen LogP contribution in [-0.4, -0.2) is 12.6 Å². The van der Waals surface area contributed by atoms with Gasteiger partial charge in [-0.2, -0.15) is 0 Å². The molecule has 2 heteroatoms. The second-order valence-electron chi connectivity index (χ2n) is 5.81. The van der Waals surface area contributed by atoms with Gasteiger partial charge in [0.15, 0.2) is 0 Å². The average molecular weight is 257 g/mol. The molecule has 1 N–H and O–H groups in total. The summed E-state index contributed by atoms with van der Waals surface area (Å²) in [6.07, 6.45) is 7.53. The van der Waals surface area contributed by atoms with Crippen LogP contribution < -0.4 is 10.1 Å². The summed E-state index contributed by atoms with van der Waals surface area (Å²) in [6, 6.07) is 8.75. The molecule has 1 aromatic carbocycles. The molecule has 0 saturated heterocycles. The van der Waals surface area contributed by atoms with Crippen molar-refractivity contribution >= 4 is 5.69 Å². The first kappa shape index (κ1) is 12.6. The van der Waals surface area contributed by atoms with E-state index in [1.165, 1.54) is 12.8 Å². The maximum absolute atomic E-state index is 5.69. The predicted molar refractivity (Wildman–Crippen MR) is 79.5 cm³/mol. The summed E-state index contributed by atoms with van der Waals surface area (Å²) in [6.45, 7) is 5.05. The van der Waals surface area contributed by atoms with Crippen molar-refractivity contribution in [2.75, 3.05) is 11.9 Å². The molecule has 102 valence electrons. The fourth-order valence-electron chi connectivity index (χ4n) is 3.62. The zero-order chi connectivity index (χ0) is 13.2. The molecule has 0 spiro atoms. The van der Waals surface area contributed by atoms with Gasteiger partial charge in [0.2, 0.25) is 0 Å². The van der Waals surface area contributed by atoms with Crippen molar-refractivity contribution in [2.24, 2.45) is 17.8 Å². The standard InChI is InChI=1S/C17H23NO/c1-3-19-17-7-5-4-6-16(17)18-12(2)15-11-13-8-9-14(15)10-13/h4-9,12-15,18H,3,10-11H2,1-2H3. The molecule has 4 unspecified atom stereocenters. The Kier molecular flexibility index (Phi) is 3.50. The third-order valence-electron chi connectivity index (χ3n) is 4.54. The van der Waals surface area contributed by atoms with E-state index in [1.807, 2.05) is 19.1 Å². The molecular formula is C17H23NO. The lowest BCUT2D eigenvalue weighted by Crippen LogP contribution is -2.29. The Morgan fingerprint density at radius 3 is 2.79 bits per heavy atom. The van der Waals surface area contributed by atoms with Crippen molar-refractivity contribution in [3.63, 3.8) is 0 Å². The van der Waals surface area contributed by atoms with Gasteiger partial charge in [0, 0.05) is 6.04 Å². The van der Waals surface area contributed by atoms with Gasteiger partial charge in [-0.15, -0.1) is 0 Å². The zero-order valence-corrected chi connectivity index (χ0v) is 11.8. The number of fused-ring (bicyclic) bond motifs is 2. The first-order chi connectivity index (χ1) is 9.28. The monoisotopic (exact) mass is 257 g/mol. The van der Waals surface area contributed by atoms with E-state index in [-0.39, 0.29) is 0 Å². The number of anilines is 1. The second-order valence-corrected chi connectivity index (χ2v) is 5.81. The summed E-state index contributed by atoms with van der Waals surface area (Å²) >= 11 is 0. The Hall–Kier alpha value is -1.44. The van der Waals surface area contributed by atoms with E-state index < -0.39 is 0 Å². The van der Waals surface area contributed by atoms with E-state index in [0.29, 0.717) is 12.6 Å². The lowest BCUT2D eigenvalue weighted by atomic mass is 9.87. The van der Waals surface area contributed by atoms with Gasteiger partial charge in [-0.05, 0) is 56.6 Å². The van der Waals surface area contributed by atoms with Gasteiger partial charge >= 0.3 is 0 Å². The van der Waals surface area contributed by atoms with Crippen LogP contribution >= 0.6 is 0 Å². The number of allylic oxidation sites excluding steroid dienone is 2. The molecular weight excluding hydrogens is 234 g/mol. The van der Waals surface area contributed by atoms with Crippen molar-refractivity contribution in [3.8, 4) is 5.75 Å². The maximum Gasteiger partial charge on any atom is 0.142 e. The van der Waals surface area contributed by atoms with Gasteiger partial charge in [-0.1, -0.05) is 24.3 Å². The van der Waals surface area contributed by atoms with Crippen LogP contribution in [0.3, 0.4) is 0 Å². The molecule has 3 rings (SSSR count). The van der Waals surface area contributed by atoms with Crippen LogP contribution in [0.2, 0.25) is 0 Å². The Bertz CT molecular complexity index is 468. The molecule has 0 aromatic heterocycles. The minimum absolute atomic E-state index is 0.501. The lowest BCUT2D eigenvalue weighted by molar-refractivity contribution is 0.340. The average Bonchev–Trinajstić information content (AvgIpc) is 3.03. The molecule has 0 heterocycles. The highest BCUT2D eigenvalue weighted by molar-refractivity contribution is 5.56. The van der Waals surface area contributed by atoms with Crippen molar-refractivity contribution in [1.82, 2.24) is 0 Å². The summed E-state index contributed by atoms with van der Waals surface area (Å²) in [7, 11) is 0. The highest BCUT2D eigenvalue weighted by atomic mass is 16.5.